The van der Waals surface area contributed by atoms with Crippen LogP contribution in [0.4, 0.5) is 4.39 Å². The molecule has 5 heteroatoms. The minimum absolute atomic E-state index is 0.228. The van der Waals surface area contributed by atoms with E-state index in [1.807, 2.05) is 13.8 Å². The van der Waals surface area contributed by atoms with E-state index in [-0.39, 0.29) is 12.2 Å². The Morgan fingerprint density at radius 3 is 2.72 bits per heavy atom. The first kappa shape index (κ1) is 13.5. The number of nitrogens with zero attached hydrogens (tertiary/aromatic N) is 1. The van der Waals surface area contributed by atoms with Crippen molar-refractivity contribution in [2.45, 2.75) is 26.4 Å². The molecule has 0 radical (unpaired) electrons. The van der Waals surface area contributed by atoms with Gasteiger partial charge in [-0.1, -0.05) is 17.7 Å². The molecule has 0 aliphatic heterocycles. The van der Waals surface area contributed by atoms with E-state index in [0.717, 1.165) is 15.6 Å². The van der Waals surface area contributed by atoms with E-state index in [2.05, 4.69) is 4.98 Å². The molecule has 0 spiro atoms. The lowest BCUT2D eigenvalue weighted by Crippen LogP contribution is -2.03. The third-order valence-electron chi connectivity index (χ3n) is 2.67. The number of aromatic nitrogens is 1. The fourth-order valence-corrected chi connectivity index (χ4v) is 2.92. The van der Waals surface area contributed by atoms with Crippen molar-refractivity contribution >= 4 is 22.9 Å². The fourth-order valence-electron chi connectivity index (χ4n) is 1.84. The molecule has 1 N–H and O–H groups in total. The second-order valence-corrected chi connectivity index (χ2v) is 5.81. The summed E-state index contributed by atoms with van der Waals surface area (Å²) in [5.74, 6) is -0.388. The highest BCUT2D eigenvalue weighted by Gasteiger charge is 2.17. The number of hydrogen-bond acceptors (Lipinski definition) is 3. The van der Waals surface area contributed by atoms with Crippen molar-refractivity contribution in [2.75, 3.05) is 0 Å². The monoisotopic (exact) mass is 285 g/mol. The summed E-state index contributed by atoms with van der Waals surface area (Å²) in [5.41, 5.74) is 1.26. The number of halogens is 2. The van der Waals surface area contributed by atoms with Crippen LogP contribution in [0.5, 0.6) is 0 Å². The molecule has 0 amide bonds. The molecule has 2 rings (SSSR count). The zero-order chi connectivity index (χ0) is 13.3. The van der Waals surface area contributed by atoms with Gasteiger partial charge in [-0.05, 0) is 31.5 Å². The van der Waals surface area contributed by atoms with Crippen LogP contribution in [0.3, 0.4) is 0 Å². The molecule has 1 unspecified atom stereocenters. The average Bonchev–Trinajstić information content (AvgIpc) is 2.62. The van der Waals surface area contributed by atoms with E-state index < -0.39 is 6.10 Å². The fraction of sp³-hybridized carbons (Fsp3) is 0.308. The Balaban J connectivity index is 2.21. The first-order chi connectivity index (χ1) is 8.47. The smallest absolute Gasteiger partial charge is 0.127 e. The van der Waals surface area contributed by atoms with Gasteiger partial charge in [0.15, 0.2) is 0 Å². The summed E-state index contributed by atoms with van der Waals surface area (Å²) < 4.78 is 13.6. The van der Waals surface area contributed by atoms with Gasteiger partial charge in [-0.2, -0.15) is 0 Å². The van der Waals surface area contributed by atoms with Crippen molar-refractivity contribution in [2.24, 2.45) is 0 Å². The van der Waals surface area contributed by atoms with E-state index in [0.29, 0.717) is 10.6 Å². The largest absolute Gasteiger partial charge is 0.387 e. The molecule has 2 aromatic rings. The van der Waals surface area contributed by atoms with Crippen molar-refractivity contribution in [3.05, 3.63) is 50.2 Å². The van der Waals surface area contributed by atoms with Gasteiger partial charge in [0, 0.05) is 11.4 Å². The Kier molecular flexibility index (Phi) is 4.00. The van der Waals surface area contributed by atoms with Gasteiger partial charge in [0.2, 0.25) is 0 Å². The molecule has 0 fully saturated rings. The number of aliphatic hydroxyl groups is 1. The molecule has 0 aliphatic rings. The maximum atomic E-state index is 13.6. The Morgan fingerprint density at radius 1 is 1.44 bits per heavy atom. The van der Waals surface area contributed by atoms with Crippen molar-refractivity contribution in [3.63, 3.8) is 0 Å². The number of rotatable bonds is 3. The van der Waals surface area contributed by atoms with Gasteiger partial charge >= 0.3 is 0 Å². The van der Waals surface area contributed by atoms with E-state index in [1.54, 1.807) is 12.1 Å². The van der Waals surface area contributed by atoms with E-state index in [9.17, 15) is 9.50 Å². The van der Waals surface area contributed by atoms with Crippen LogP contribution in [0.2, 0.25) is 5.02 Å². The Labute approximate surface area is 114 Å². The summed E-state index contributed by atoms with van der Waals surface area (Å²) in [4.78, 5) is 5.05. The van der Waals surface area contributed by atoms with Crippen LogP contribution < -0.4 is 0 Å². The molecule has 1 atom stereocenters. The maximum absolute atomic E-state index is 13.6. The minimum Gasteiger partial charge on any atom is -0.387 e. The number of hydrogen-bond donors (Lipinski definition) is 1. The summed E-state index contributed by atoms with van der Waals surface area (Å²) in [7, 11) is 0. The number of aryl methyl sites for hydroxylation is 2. The number of aliphatic hydroxyl groups excluding tert-OH is 1. The maximum Gasteiger partial charge on any atom is 0.127 e. The Bertz CT molecular complexity index is 570. The molecule has 1 aromatic heterocycles. The highest BCUT2D eigenvalue weighted by molar-refractivity contribution is 7.11. The van der Waals surface area contributed by atoms with Gasteiger partial charge in [0.1, 0.15) is 5.82 Å². The quantitative estimate of drug-likeness (QED) is 0.930. The summed E-state index contributed by atoms with van der Waals surface area (Å²) in [6, 6.07) is 4.48. The predicted octanol–water partition coefficient (Wildman–Crippen LogP) is 3.83. The molecule has 0 bridgehead atoms. The van der Waals surface area contributed by atoms with Crippen LogP contribution in [0, 0.1) is 19.7 Å². The topological polar surface area (TPSA) is 33.1 Å². The van der Waals surface area contributed by atoms with Gasteiger partial charge in [0.25, 0.3) is 0 Å². The summed E-state index contributed by atoms with van der Waals surface area (Å²) in [6.07, 6.45) is -0.502. The Morgan fingerprint density at radius 2 is 2.17 bits per heavy atom. The lowest BCUT2D eigenvalue weighted by Gasteiger charge is -2.10. The molecular formula is C13H13ClFNOS. The zero-order valence-electron chi connectivity index (χ0n) is 10.1. The summed E-state index contributed by atoms with van der Waals surface area (Å²) in [5, 5.41) is 11.4. The third-order valence-corrected chi connectivity index (χ3v) is 4.08. The van der Waals surface area contributed by atoms with Crippen molar-refractivity contribution in [3.8, 4) is 0 Å². The Hall–Kier alpha value is -0.970. The van der Waals surface area contributed by atoms with Gasteiger partial charge in [0.05, 0.1) is 21.7 Å². The normalized spacial score (nSPS) is 12.7. The van der Waals surface area contributed by atoms with Crippen LogP contribution >= 0.6 is 22.9 Å². The average molecular weight is 286 g/mol. The minimum atomic E-state index is -0.730. The first-order valence-corrected chi connectivity index (χ1v) is 6.72. The second kappa shape index (κ2) is 5.34. The molecule has 1 aromatic carbocycles. The van der Waals surface area contributed by atoms with Crippen LogP contribution in [-0.4, -0.2) is 10.1 Å². The molecule has 0 saturated carbocycles. The first-order valence-electron chi connectivity index (χ1n) is 5.53. The summed E-state index contributed by atoms with van der Waals surface area (Å²) in [6.45, 7) is 3.73. The van der Waals surface area contributed by atoms with E-state index in [1.165, 1.54) is 17.4 Å². The lowest BCUT2D eigenvalue weighted by atomic mass is 10.1. The molecule has 1 heterocycles. The SMILES string of the molecule is Cc1nc(C)c(C(O)Cc2ccc(Cl)cc2F)s1. The zero-order valence-corrected chi connectivity index (χ0v) is 11.6. The van der Waals surface area contributed by atoms with Crippen LogP contribution in [0.15, 0.2) is 18.2 Å². The number of benzene rings is 1. The van der Waals surface area contributed by atoms with Gasteiger partial charge in [-0.25, -0.2) is 9.37 Å². The third kappa shape index (κ3) is 2.88. The van der Waals surface area contributed by atoms with Crippen molar-refractivity contribution in [1.82, 2.24) is 4.98 Å². The van der Waals surface area contributed by atoms with E-state index >= 15 is 0 Å². The molecular weight excluding hydrogens is 273 g/mol. The van der Waals surface area contributed by atoms with Gasteiger partial charge in [-0.3, -0.25) is 0 Å². The van der Waals surface area contributed by atoms with E-state index in [4.69, 9.17) is 11.6 Å². The van der Waals surface area contributed by atoms with Gasteiger partial charge in [-0.15, -0.1) is 11.3 Å². The molecule has 18 heavy (non-hydrogen) atoms. The standard InChI is InChI=1S/C13H13ClFNOS/c1-7-13(18-8(2)16-7)12(17)5-9-3-4-10(14)6-11(9)15/h3-4,6,12,17H,5H2,1-2H3. The van der Waals surface area contributed by atoms with Crippen LogP contribution in [-0.2, 0) is 6.42 Å². The molecule has 0 saturated heterocycles. The van der Waals surface area contributed by atoms with Crippen molar-refractivity contribution in [1.29, 1.82) is 0 Å². The second-order valence-electron chi connectivity index (χ2n) is 4.14. The molecule has 0 aliphatic carbocycles. The van der Waals surface area contributed by atoms with Crippen molar-refractivity contribution < 1.29 is 9.50 Å². The predicted molar refractivity (Wildman–Crippen MR) is 71.7 cm³/mol. The number of thiazole rings is 1. The van der Waals surface area contributed by atoms with Gasteiger partial charge < -0.3 is 5.11 Å². The molecule has 96 valence electrons. The van der Waals surface area contributed by atoms with Crippen LogP contribution in [0.25, 0.3) is 0 Å². The molecule has 2 nitrogen and oxygen atoms in total. The highest BCUT2D eigenvalue weighted by atomic mass is 35.5. The lowest BCUT2D eigenvalue weighted by molar-refractivity contribution is 0.180. The summed E-state index contributed by atoms with van der Waals surface area (Å²) >= 11 is 7.13. The highest BCUT2D eigenvalue weighted by Crippen LogP contribution is 2.28. The van der Waals surface area contributed by atoms with Crippen LogP contribution in [0.1, 0.15) is 27.2 Å².